The molecule has 4 rings (SSSR count). The monoisotopic (exact) mass is 516 g/mol. The van der Waals surface area contributed by atoms with Crippen molar-refractivity contribution in [1.82, 2.24) is 4.90 Å². The highest BCUT2D eigenvalue weighted by Crippen LogP contribution is 2.40. The van der Waals surface area contributed by atoms with Gasteiger partial charge in [-0.05, 0) is 78.6 Å². The third-order valence-corrected chi connectivity index (χ3v) is 7.44. The van der Waals surface area contributed by atoms with E-state index in [2.05, 4.69) is 26.1 Å². The standard InChI is InChI=1S/C32H37FN2O3/c1-20-10-7-11-21(2)28(20)31(37)35-17-9-14-25(29(35)22-15-16-27(38-6)26(33)18-22)30(36)34-24-13-8-12-23(19-24)32(3,4)5/h7-8,10-13,15-16,18-19,25,29H,9,14,17H2,1-6H3,(H,34,36)/t25-,29-/m0/s1. The molecule has 3 aromatic rings. The van der Waals surface area contributed by atoms with Crippen molar-refractivity contribution in [3.05, 3.63) is 94.3 Å². The van der Waals surface area contributed by atoms with Crippen LogP contribution in [0, 0.1) is 25.6 Å². The van der Waals surface area contributed by atoms with E-state index in [1.54, 1.807) is 17.0 Å². The third kappa shape index (κ3) is 5.59. The fraction of sp³-hybridized carbons (Fsp3) is 0.375. The van der Waals surface area contributed by atoms with E-state index in [4.69, 9.17) is 4.74 Å². The maximum absolute atomic E-state index is 14.9. The van der Waals surface area contributed by atoms with Gasteiger partial charge >= 0.3 is 0 Å². The molecule has 1 N–H and O–H groups in total. The first-order valence-electron chi connectivity index (χ1n) is 13.1. The molecule has 2 atom stereocenters. The summed E-state index contributed by atoms with van der Waals surface area (Å²) < 4.78 is 20.0. The Balaban J connectivity index is 1.74. The molecule has 0 unspecified atom stereocenters. The lowest BCUT2D eigenvalue weighted by Crippen LogP contribution is -2.46. The van der Waals surface area contributed by atoms with Gasteiger partial charge in [-0.25, -0.2) is 4.39 Å². The van der Waals surface area contributed by atoms with Crippen LogP contribution < -0.4 is 10.1 Å². The minimum atomic E-state index is -0.624. The van der Waals surface area contributed by atoms with Gasteiger partial charge in [0.05, 0.1) is 19.1 Å². The zero-order chi connectivity index (χ0) is 27.6. The lowest BCUT2D eigenvalue weighted by Gasteiger charge is -2.41. The van der Waals surface area contributed by atoms with Crippen LogP contribution in [0.2, 0.25) is 0 Å². The normalized spacial score (nSPS) is 17.7. The predicted molar refractivity (Wildman–Crippen MR) is 149 cm³/mol. The summed E-state index contributed by atoms with van der Waals surface area (Å²) in [6.45, 7) is 10.7. The molecule has 1 aliphatic heterocycles. The van der Waals surface area contributed by atoms with Crippen LogP contribution in [0.15, 0.2) is 60.7 Å². The molecule has 2 amide bonds. The molecule has 6 heteroatoms. The van der Waals surface area contributed by atoms with Crippen molar-refractivity contribution in [2.75, 3.05) is 19.0 Å². The maximum Gasteiger partial charge on any atom is 0.254 e. The number of amides is 2. The number of nitrogens with zero attached hydrogens (tertiary/aromatic N) is 1. The lowest BCUT2D eigenvalue weighted by atomic mass is 9.82. The van der Waals surface area contributed by atoms with Gasteiger partial charge in [0, 0.05) is 17.8 Å². The minimum Gasteiger partial charge on any atom is -0.494 e. The topological polar surface area (TPSA) is 58.6 Å². The molecule has 1 aliphatic rings. The van der Waals surface area contributed by atoms with Gasteiger partial charge in [-0.1, -0.05) is 57.2 Å². The molecule has 3 aromatic carbocycles. The van der Waals surface area contributed by atoms with E-state index in [1.165, 1.54) is 13.2 Å². The molecule has 5 nitrogen and oxygen atoms in total. The van der Waals surface area contributed by atoms with Gasteiger partial charge in [-0.2, -0.15) is 0 Å². The Labute approximate surface area is 225 Å². The van der Waals surface area contributed by atoms with Crippen LogP contribution in [0.5, 0.6) is 5.75 Å². The molecule has 0 spiro atoms. The van der Waals surface area contributed by atoms with Crippen LogP contribution in [0.1, 0.15) is 72.3 Å². The predicted octanol–water partition coefficient (Wildman–Crippen LogP) is 6.98. The molecule has 1 saturated heterocycles. The van der Waals surface area contributed by atoms with Gasteiger partial charge in [-0.3, -0.25) is 9.59 Å². The first kappa shape index (κ1) is 27.4. The van der Waals surface area contributed by atoms with Gasteiger partial charge in [0.2, 0.25) is 5.91 Å². The van der Waals surface area contributed by atoms with E-state index in [0.29, 0.717) is 36.2 Å². The van der Waals surface area contributed by atoms with E-state index >= 15 is 0 Å². The van der Waals surface area contributed by atoms with Crippen molar-refractivity contribution in [3.63, 3.8) is 0 Å². The summed E-state index contributed by atoms with van der Waals surface area (Å²) in [6, 6.07) is 17.7. The zero-order valence-corrected chi connectivity index (χ0v) is 23.1. The van der Waals surface area contributed by atoms with Crippen LogP contribution in [0.3, 0.4) is 0 Å². The van der Waals surface area contributed by atoms with Crippen molar-refractivity contribution in [1.29, 1.82) is 0 Å². The highest BCUT2D eigenvalue weighted by Gasteiger charge is 2.40. The van der Waals surface area contributed by atoms with Gasteiger partial charge in [0.15, 0.2) is 11.6 Å². The van der Waals surface area contributed by atoms with Crippen molar-refractivity contribution < 1.29 is 18.7 Å². The minimum absolute atomic E-state index is 0.0661. The Kier molecular flexibility index (Phi) is 7.91. The third-order valence-electron chi connectivity index (χ3n) is 7.44. The molecule has 1 fully saturated rings. The number of piperidine rings is 1. The molecule has 1 heterocycles. The largest absolute Gasteiger partial charge is 0.494 e. The smallest absolute Gasteiger partial charge is 0.254 e. The Morgan fingerprint density at radius 3 is 2.32 bits per heavy atom. The molecule has 0 radical (unpaired) electrons. The number of carbonyl (C=O) groups excluding carboxylic acids is 2. The Morgan fingerprint density at radius 1 is 1.00 bits per heavy atom. The van der Waals surface area contributed by atoms with Crippen molar-refractivity contribution in [2.45, 2.75) is 58.9 Å². The van der Waals surface area contributed by atoms with Gasteiger partial charge in [0.25, 0.3) is 5.91 Å². The van der Waals surface area contributed by atoms with E-state index in [1.807, 2.05) is 56.3 Å². The zero-order valence-electron chi connectivity index (χ0n) is 23.1. The SMILES string of the molecule is COc1ccc([C@H]2[C@@H](C(=O)Nc3cccc(C(C)(C)C)c3)CCCN2C(=O)c2c(C)cccc2C)cc1F. The van der Waals surface area contributed by atoms with E-state index in [9.17, 15) is 14.0 Å². The number of methoxy groups -OCH3 is 1. The lowest BCUT2D eigenvalue weighted by molar-refractivity contribution is -0.123. The molecule has 0 aromatic heterocycles. The summed E-state index contributed by atoms with van der Waals surface area (Å²) in [5.41, 5.74) is 4.71. The maximum atomic E-state index is 14.9. The number of anilines is 1. The summed E-state index contributed by atoms with van der Waals surface area (Å²) in [5.74, 6) is -1.28. The Hall–Kier alpha value is -3.67. The number of hydrogen-bond donors (Lipinski definition) is 1. The summed E-state index contributed by atoms with van der Waals surface area (Å²) in [7, 11) is 1.41. The highest BCUT2D eigenvalue weighted by atomic mass is 19.1. The van der Waals surface area contributed by atoms with Gasteiger partial charge in [-0.15, -0.1) is 0 Å². The summed E-state index contributed by atoms with van der Waals surface area (Å²) >= 11 is 0. The highest BCUT2D eigenvalue weighted by molar-refractivity contribution is 5.99. The van der Waals surface area contributed by atoms with Crippen molar-refractivity contribution in [3.8, 4) is 5.75 Å². The average Bonchev–Trinajstić information content (AvgIpc) is 2.87. The van der Waals surface area contributed by atoms with Gasteiger partial charge < -0.3 is 15.0 Å². The average molecular weight is 517 g/mol. The van der Waals surface area contributed by atoms with Crippen LogP contribution in [-0.4, -0.2) is 30.4 Å². The number of rotatable bonds is 5. The molecular formula is C32H37FN2O3. The number of halogens is 1. The summed E-state index contributed by atoms with van der Waals surface area (Å²) in [5, 5.41) is 3.09. The number of nitrogens with one attached hydrogen (secondary N) is 1. The number of benzene rings is 3. The van der Waals surface area contributed by atoms with Crippen LogP contribution in [0.4, 0.5) is 10.1 Å². The van der Waals surface area contributed by atoms with Crippen LogP contribution >= 0.6 is 0 Å². The number of aryl methyl sites for hydroxylation is 2. The summed E-state index contributed by atoms with van der Waals surface area (Å²) in [6.07, 6.45) is 1.26. The first-order valence-corrected chi connectivity index (χ1v) is 13.1. The molecular weight excluding hydrogens is 479 g/mol. The fourth-order valence-electron chi connectivity index (χ4n) is 5.37. The van der Waals surface area contributed by atoms with Crippen molar-refractivity contribution >= 4 is 17.5 Å². The number of carbonyl (C=O) groups is 2. The molecule has 38 heavy (non-hydrogen) atoms. The number of likely N-dealkylation sites (tertiary alicyclic amines) is 1. The van der Waals surface area contributed by atoms with E-state index in [0.717, 1.165) is 16.7 Å². The first-order chi connectivity index (χ1) is 18.0. The molecule has 200 valence electrons. The quantitative estimate of drug-likeness (QED) is 0.398. The van der Waals surface area contributed by atoms with E-state index < -0.39 is 17.8 Å². The van der Waals surface area contributed by atoms with Gasteiger partial charge in [0.1, 0.15) is 0 Å². The molecule has 0 saturated carbocycles. The van der Waals surface area contributed by atoms with Crippen LogP contribution in [-0.2, 0) is 10.2 Å². The second kappa shape index (κ2) is 11.0. The molecule has 0 aliphatic carbocycles. The number of ether oxygens (including phenoxy) is 1. The summed E-state index contributed by atoms with van der Waals surface area (Å²) in [4.78, 5) is 29.5. The molecule has 0 bridgehead atoms. The van der Waals surface area contributed by atoms with Crippen LogP contribution in [0.25, 0.3) is 0 Å². The Bertz CT molecular complexity index is 1320. The second-order valence-electron chi connectivity index (χ2n) is 11.2. The Morgan fingerprint density at radius 2 is 1.68 bits per heavy atom. The second-order valence-corrected chi connectivity index (χ2v) is 11.2. The number of hydrogen-bond acceptors (Lipinski definition) is 3. The van der Waals surface area contributed by atoms with E-state index in [-0.39, 0.29) is 23.0 Å². The van der Waals surface area contributed by atoms with Crippen molar-refractivity contribution in [2.24, 2.45) is 5.92 Å². The fourth-order valence-corrected chi connectivity index (χ4v) is 5.37.